The lowest BCUT2D eigenvalue weighted by atomic mass is 9.49. The number of rotatable bonds is 4. The third-order valence-electron chi connectivity index (χ3n) is 7.27. The van der Waals surface area contributed by atoms with Crippen LogP contribution in [0.3, 0.4) is 0 Å². The molecule has 0 atom stereocenters. The van der Waals surface area contributed by atoms with Gasteiger partial charge in [0.2, 0.25) is 5.91 Å². The molecule has 4 saturated carbocycles. The number of aromatic nitrogens is 1. The number of nitrogens with zero attached hydrogens (tertiary/aromatic N) is 2. The van der Waals surface area contributed by atoms with E-state index in [9.17, 15) is 4.79 Å². The molecule has 4 aliphatic carbocycles. The summed E-state index contributed by atoms with van der Waals surface area (Å²) in [5.41, 5.74) is 2.39. The van der Waals surface area contributed by atoms with Crippen LogP contribution in [0.1, 0.15) is 50.6 Å². The minimum atomic E-state index is -0.0283. The first-order valence-corrected chi connectivity index (χ1v) is 10.3. The zero-order valence-electron chi connectivity index (χ0n) is 15.5. The van der Waals surface area contributed by atoms with Crippen LogP contribution in [0.15, 0.2) is 30.5 Å². The summed E-state index contributed by atoms with van der Waals surface area (Å²) >= 11 is 0. The summed E-state index contributed by atoms with van der Waals surface area (Å²) in [7, 11) is 0. The lowest BCUT2D eigenvalue weighted by Crippen LogP contribution is -2.55. The quantitative estimate of drug-likeness (QED) is 0.903. The second-order valence-electron chi connectivity index (χ2n) is 9.13. The minimum absolute atomic E-state index is 0.0283. The number of hydrogen-bond donors (Lipinski definition) is 1. The molecule has 1 aromatic heterocycles. The zero-order chi connectivity index (χ0) is 17.6. The summed E-state index contributed by atoms with van der Waals surface area (Å²) in [5, 5.41) is 3.31. The van der Waals surface area contributed by atoms with Crippen molar-refractivity contribution in [1.29, 1.82) is 0 Å². The Morgan fingerprint density at radius 2 is 1.88 bits per heavy atom. The van der Waals surface area contributed by atoms with E-state index >= 15 is 0 Å². The van der Waals surface area contributed by atoms with E-state index in [1.807, 2.05) is 18.3 Å². The Balaban J connectivity index is 1.17. The molecule has 4 nitrogen and oxygen atoms in total. The maximum atomic E-state index is 13.1. The maximum Gasteiger partial charge on any atom is 0.227 e. The first-order chi connectivity index (χ1) is 12.7. The summed E-state index contributed by atoms with van der Waals surface area (Å²) in [4.78, 5) is 19.9. The standard InChI is InChI=1S/C22H29N3O/c26-21(22-12-16-9-17(13-22)11-18(10-16)14-22)24-15-25-7-4-19(5-8-25)20-3-1-2-6-23-20/h1-4,6,16-18H,5,7-15H2,(H,24,26). The topological polar surface area (TPSA) is 45.2 Å². The van der Waals surface area contributed by atoms with Gasteiger partial charge in [-0.1, -0.05) is 12.1 Å². The van der Waals surface area contributed by atoms with Gasteiger partial charge in [0.1, 0.15) is 0 Å². The van der Waals surface area contributed by atoms with Crippen LogP contribution >= 0.6 is 0 Å². The molecule has 1 aliphatic heterocycles. The highest BCUT2D eigenvalue weighted by molar-refractivity contribution is 5.83. The fourth-order valence-corrected chi connectivity index (χ4v) is 6.40. The van der Waals surface area contributed by atoms with Gasteiger partial charge in [0, 0.05) is 19.3 Å². The van der Waals surface area contributed by atoms with E-state index in [-0.39, 0.29) is 5.41 Å². The van der Waals surface area contributed by atoms with Crippen molar-refractivity contribution in [2.75, 3.05) is 19.8 Å². The van der Waals surface area contributed by atoms with Crippen LogP contribution in [0.5, 0.6) is 0 Å². The fraction of sp³-hybridized carbons (Fsp3) is 0.636. The summed E-state index contributed by atoms with van der Waals surface area (Å²) in [6, 6.07) is 6.08. The van der Waals surface area contributed by atoms with Crippen LogP contribution in [-0.4, -0.2) is 35.5 Å². The highest BCUT2D eigenvalue weighted by Gasteiger charge is 2.54. The second kappa shape index (κ2) is 6.49. The van der Waals surface area contributed by atoms with Gasteiger partial charge in [-0.25, -0.2) is 0 Å². The molecule has 0 radical (unpaired) electrons. The van der Waals surface area contributed by atoms with E-state index in [4.69, 9.17) is 0 Å². The van der Waals surface area contributed by atoms with Gasteiger partial charge in [0.05, 0.1) is 17.8 Å². The SMILES string of the molecule is O=C(NCN1CC=C(c2ccccn2)CC1)C12CC3CC(CC(C3)C1)C2. The molecule has 1 N–H and O–H groups in total. The van der Waals surface area contributed by atoms with Crippen molar-refractivity contribution in [3.05, 3.63) is 36.2 Å². The van der Waals surface area contributed by atoms with Gasteiger partial charge >= 0.3 is 0 Å². The van der Waals surface area contributed by atoms with Crippen LogP contribution in [0.2, 0.25) is 0 Å². The van der Waals surface area contributed by atoms with E-state index in [1.54, 1.807) is 0 Å². The number of pyridine rings is 1. The molecule has 2 heterocycles. The fourth-order valence-electron chi connectivity index (χ4n) is 6.40. The molecular formula is C22H29N3O. The molecule has 0 aromatic carbocycles. The first-order valence-electron chi connectivity index (χ1n) is 10.3. The van der Waals surface area contributed by atoms with Crippen LogP contribution in [-0.2, 0) is 4.79 Å². The number of carbonyl (C=O) groups excluding carboxylic acids is 1. The normalized spacial score (nSPS) is 36.0. The van der Waals surface area contributed by atoms with Crippen molar-refractivity contribution in [1.82, 2.24) is 15.2 Å². The van der Waals surface area contributed by atoms with Crippen LogP contribution in [0.4, 0.5) is 0 Å². The van der Waals surface area contributed by atoms with Gasteiger partial charge in [0.15, 0.2) is 0 Å². The molecule has 4 bridgehead atoms. The molecule has 1 amide bonds. The highest BCUT2D eigenvalue weighted by atomic mass is 16.2. The van der Waals surface area contributed by atoms with Gasteiger partial charge in [-0.3, -0.25) is 14.7 Å². The van der Waals surface area contributed by atoms with Gasteiger partial charge < -0.3 is 5.32 Å². The summed E-state index contributed by atoms with van der Waals surface area (Å²) in [6.45, 7) is 2.57. The van der Waals surface area contributed by atoms with Gasteiger partial charge in [-0.05, 0) is 80.4 Å². The van der Waals surface area contributed by atoms with Gasteiger partial charge in [-0.2, -0.15) is 0 Å². The Morgan fingerprint density at radius 1 is 1.15 bits per heavy atom. The highest BCUT2D eigenvalue weighted by Crippen LogP contribution is 2.60. The molecule has 0 spiro atoms. The number of carbonyl (C=O) groups is 1. The number of amides is 1. The van der Waals surface area contributed by atoms with E-state index in [2.05, 4.69) is 27.3 Å². The number of hydrogen-bond acceptors (Lipinski definition) is 3. The average Bonchev–Trinajstić information content (AvgIpc) is 2.66. The molecule has 6 rings (SSSR count). The van der Waals surface area contributed by atoms with E-state index < -0.39 is 0 Å². The first kappa shape index (κ1) is 16.5. The minimum Gasteiger partial charge on any atom is -0.343 e. The molecule has 26 heavy (non-hydrogen) atoms. The lowest BCUT2D eigenvalue weighted by molar-refractivity contribution is -0.146. The zero-order valence-corrected chi connectivity index (χ0v) is 15.5. The summed E-state index contributed by atoms with van der Waals surface area (Å²) in [6.07, 6.45) is 12.7. The molecule has 4 heteroatoms. The summed E-state index contributed by atoms with van der Waals surface area (Å²) < 4.78 is 0. The van der Waals surface area contributed by atoms with Crippen LogP contribution in [0.25, 0.3) is 5.57 Å². The molecular weight excluding hydrogens is 322 g/mol. The van der Waals surface area contributed by atoms with Crippen molar-refractivity contribution < 1.29 is 4.79 Å². The number of nitrogens with one attached hydrogen (secondary N) is 1. The molecule has 0 saturated heterocycles. The monoisotopic (exact) mass is 351 g/mol. The average molecular weight is 351 g/mol. The molecule has 5 aliphatic rings. The van der Waals surface area contributed by atoms with E-state index in [1.165, 1.54) is 24.8 Å². The van der Waals surface area contributed by atoms with Gasteiger partial charge in [-0.15, -0.1) is 0 Å². The Morgan fingerprint density at radius 3 is 2.46 bits per heavy atom. The smallest absolute Gasteiger partial charge is 0.227 e. The van der Waals surface area contributed by atoms with E-state index in [0.717, 1.165) is 62.2 Å². The van der Waals surface area contributed by atoms with E-state index in [0.29, 0.717) is 12.6 Å². The Bertz CT molecular complexity index is 676. The van der Waals surface area contributed by atoms with Crippen molar-refractivity contribution in [3.63, 3.8) is 0 Å². The van der Waals surface area contributed by atoms with Crippen molar-refractivity contribution in [2.24, 2.45) is 23.2 Å². The predicted octanol–water partition coefficient (Wildman–Crippen LogP) is 3.46. The predicted molar refractivity (Wildman–Crippen MR) is 102 cm³/mol. The Labute approximate surface area is 156 Å². The van der Waals surface area contributed by atoms with Gasteiger partial charge in [0.25, 0.3) is 0 Å². The van der Waals surface area contributed by atoms with Crippen molar-refractivity contribution >= 4 is 11.5 Å². The Hall–Kier alpha value is -1.68. The third-order valence-corrected chi connectivity index (χ3v) is 7.27. The maximum absolute atomic E-state index is 13.1. The molecule has 0 unspecified atom stereocenters. The molecule has 1 aromatic rings. The summed E-state index contributed by atoms with van der Waals surface area (Å²) in [5.74, 6) is 2.82. The Kier molecular flexibility index (Phi) is 4.11. The molecule has 4 fully saturated rings. The molecule has 138 valence electrons. The largest absolute Gasteiger partial charge is 0.343 e. The second-order valence-corrected chi connectivity index (χ2v) is 9.13. The van der Waals surface area contributed by atoms with Crippen molar-refractivity contribution in [3.8, 4) is 0 Å². The van der Waals surface area contributed by atoms with Crippen LogP contribution < -0.4 is 5.32 Å². The van der Waals surface area contributed by atoms with Crippen molar-refractivity contribution in [2.45, 2.75) is 44.9 Å². The third kappa shape index (κ3) is 2.98. The lowest BCUT2D eigenvalue weighted by Gasteiger charge is -2.55. The van der Waals surface area contributed by atoms with Crippen LogP contribution in [0, 0.1) is 23.2 Å².